The average molecular weight is 283 g/mol. The Balaban J connectivity index is 1.56. The fraction of sp³-hybridized carbons (Fsp3) is 0.500. The summed E-state index contributed by atoms with van der Waals surface area (Å²) >= 11 is 0. The fourth-order valence-electron chi connectivity index (χ4n) is 3.07. The molecular weight excluding hydrogens is 258 g/mol. The normalized spacial score (nSPS) is 17.2. The van der Waals surface area contributed by atoms with Crippen LogP contribution in [-0.4, -0.2) is 9.78 Å². The molecule has 0 aliphatic heterocycles. The number of hydrogen-bond acceptors (Lipinski definition) is 2. The number of nitrogens with zero attached hydrogens (tertiary/aromatic N) is 2. The minimum atomic E-state index is 0.349. The van der Waals surface area contributed by atoms with Gasteiger partial charge in [0.05, 0.1) is 11.7 Å². The molecule has 112 valence electrons. The van der Waals surface area contributed by atoms with Gasteiger partial charge in [-0.25, -0.2) is 0 Å². The third kappa shape index (κ3) is 3.53. The molecule has 0 saturated heterocycles. The summed E-state index contributed by atoms with van der Waals surface area (Å²) in [4.78, 5) is 0. The summed E-state index contributed by atoms with van der Waals surface area (Å²) < 4.78 is 2.17. The van der Waals surface area contributed by atoms with Crippen molar-refractivity contribution in [2.45, 2.75) is 58.2 Å². The second-order valence-electron chi connectivity index (χ2n) is 6.24. The van der Waals surface area contributed by atoms with Crippen LogP contribution in [0.1, 0.15) is 61.5 Å². The molecule has 1 saturated carbocycles. The molecule has 1 aliphatic carbocycles. The van der Waals surface area contributed by atoms with Gasteiger partial charge in [0, 0.05) is 18.8 Å². The summed E-state index contributed by atoms with van der Waals surface area (Å²) in [6.45, 7) is 5.16. The Morgan fingerprint density at radius 1 is 1.19 bits per heavy atom. The Hall–Kier alpha value is -1.61. The van der Waals surface area contributed by atoms with Crippen LogP contribution >= 0.6 is 0 Å². The van der Waals surface area contributed by atoms with E-state index in [1.165, 1.54) is 36.8 Å². The molecule has 3 rings (SSSR count). The molecule has 1 aromatic carbocycles. The predicted molar refractivity (Wildman–Crippen MR) is 86.2 cm³/mol. The number of rotatable bonds is 5. The Kier molecular flexibility index (Phi) is 4.39. The van der Waals surface area contributed by atoms with Crippen LogP contribution in [0.25, 0.3) is 0 Å². The van der Waals surface area contributed by atoms with E-state index in [9.17, 15) is 0 Å². The maximum atomic E-state index is 4.73. The van der Waals surface area contributed by atoms with Gasteiger partial charge in [-0.1, -0.05) is 42.7 Å². The second kappa shape index (κ2) is 6.44. The molecule has 3 nitrogen and oxygen atoms in total. The molecule has 0 bridgehead atoms. The van der Waals surface area contributed by atoms with Crippen LogP contribution in [0.5, 0.6) is 0 Å². The van der Waals surface area contributed by atoms with Crippen LogP contribution in [-0.2, 0) is 6.54 Å². The molecule has 0 unspecified atom stereocenters. The third-order valence-corrected chi connectivity index (χ3v) is 4.53. The highest BCUT2D eigenvalue weighted by Gasteiger charge is 2.17. The van der Waals surface area contributed by atoms with Crippen molar-refractivity contribution in [2.24, 2.45) is 0 Å². The summed E-state index contributed by atoms with van der Waals surface area (Å²) in [5.74, 6) is 0. The summed E-state index contributed by atoms with van der Waals surface area (Å²) in [7, 11) is 0. The van der Waals surface area contributed by atoms with Crippen molar-refractivity contribution in [2.75, 3.05) is 0 Å². The van der Waals surface area contributed by atoms with Gasteiger partial charge in [0.25, 0.3) is 0 Å². The second-order valence-corrected chi connectivity index (χ2v) is 6.24. The molecule has 0 amide bonds. The lowest BCUT2D eigenvalue weighted by Gasteiger charge is -2.14. The van der Waals surface area contributed by atoms with Crippen LogP contribution in [0.15, 0.2) is 36.5 Å². The third-order valence-electron chi connectivity index (χ3n) is 4.53. The van der Waals surface area contributed by atoms with E-state index in [0.717, 1.165) is 12.2 Å². The zero-order valence-corrected chi connectivity index (χ0v) is 13.0. The highest BCUT2D eigenvalue weighted by molar-refractivity contribution is 5.23. The van der Waals surface area contributed by atoms with E-state index in [1.54, 1.807) is 0 Å². The predicted octanol–water partition coefficient (Wildman–Crippen LogP) is 4.16. The first-order valence-electron chi connectivity index (χ1n) is 8.06. The molecule has 1 aromatic heterocycles. The van der Waals surface area contributed by atoms with Crippen molar-refractivity contribution >= 4 is 0 Å². The van der Waals surface area contributed by atoms with Gasteiger partial charge in [0.2, 0.25) is 0 Å². The van der Waals surface area contributed by atoms with Gasteiger partial charge < -0.3 is 5.32 Å². The van der Waals surface area contributed by atoms with Crippen LogP contribution in [0, 0.1) is 6.92 Å². The Labute approximate surface area is 127 Å². The van der Waals surface area contributed by atoms with Crippen LogP contribution in [0.4, 0.5) is 0 Å². The first-order chi connectivity index (χ1) is 10.2. The van der Waals surface area contributed by atoms with E-state index in [4.69, 9.17) is 5.10 Å². The molecule has 1 N–H and O–H groups in total. The van der Waals surface area contributed by atoms with E-state index < -0.39 is 0 Å². The molecule has 1 heterocycles. The number of nitrogens with one attached hydrogen (secondary N) is 1. The molecule has 1 atom stereocenters. The largest absolute Gasteiger partial charge is 0.304 e. The van der Waals surface area contributed by atoms with Gasteiger partial charge in [-0.3, -0.25) is 4.68 Å². The topological polar surface area (TPSA) is 29.9 Å². The zero-order valence-electron chi connectivity index (χ0n) is 13.0. The average Bonchev–Trinajstić information content (AvgIpc) is 3.16. The van der Waals surface area contributed by atoms with Gasteiger partial charge in [0.1, 0.15) is 0 Å². The van der Waals surface area contributed by atoms with Gasteiger partial charge in [0.15, 0.2) is 0 Å². The molecule has 2 aromatic rings. The molecule has 0 spiro atoms. The van der Waals surface area contributed by atoms with Crippen LogP contribution < -0.4 is 5.32 Å². The van der Waals surface area contributed by atoms with Crippen LogP contribution in [0.2, 0.25) is 0 Å². The van der Waals surface area contributed by atoms with Gasteiger partial charge in [-0.2, -0.15) is 5.10 Å². The zero-order chi connectivity index (χ0) is 14.7. The summed E-state index contributed by atoms with van der Waals surface area (Å²) in [6, 6.07) is 11.9. The van der Waals surface area contributed by atoms with E-state index >= 15 is 0 Å². The SMILES string of the molecule is Cc1ccc([C@@H](C)NCc2ccn(C3CCCC3)n2)cc1. The van der Waals surface area contributed by atoms with Crippen molar-refractivity contribution in [3.05, 3.63) is 53.3 Å². The van der Waals surface area contributed by atoms with Crippen molar-refractivity contribution in [1.29, 1.82) is 0 Å². The Bertz CT molecular complexity index is 564. The lowest BCUT2D eigenvalue weighted by atomic mass is 10.1. The van der Waals surface area contributed by atoms with Crippen molar-refractivity contribution in [3.63, 3.8) is 0 Å². The quantitative estimate of drug-likeness (QED) is 0.893. The number of benzene rings is 1. The van der Waals surface area contributed by atoms with Gasteiger partial charge in [-0.05, 0) is 38.3 Å². The number of hydrogen-bond donors (Lipinski definition) is 1. The lowest BCUT2D eigenvalue weighted by Crippen LogP contribution is -2.18. The highest BCUT2D eigenvalue weighted by Crippen LogP contribution is 2.28. The van der Waals surface area contributed by atoms with E-state index in [2.05, 4.69) is 60.4 Å². The first kappa shape index (κ1) is 14.3. The maximum Gasteiger partial charge on any atom is 0.0762 e. The maximum absolute atomic E-state index is 4.73. The smallest absolute Gasteiger partial charge is 0.0762 e. The minimum absolute atomic E-state index is 0.349. The molecular formula is C18H25N3. The van der Waals surface area contributed by atoms with E-state index in [-0.39, 0.29) is 0 Å². The summed E-state index contributed by atoms with van der Waals surface area (Å²) in [5.41, 5.74) is 3.78. The van der Waals surface area contributed by atoms with E-state index in [1.807, 2.05) is 0 Å². The summed E-state index contributed by atoms with van der Waals surface area (Å²) in [5, 5.41) is 8.29. The molecule has 1 aliphatic rings. The summed E-state index contributed by atoms with van der Waals surface area (Å²) in [6.07, 6.45) is 7.41. The van der Waals surface area contributed by atoms with Crippen molar-refractivity contribution in [3.8, 4) is 0 Å². The van der Waals surface area contributed by atoms with Crippen molar-refractivity contribution in [1.82, 2.24) is 15.1 Å². The van der Waals surface area contributed by atoms with Gasteiger partial charge in [-0.15, -0.1) is 0 Å². The number of aryl methyl sites for hydroxylation is 1. The fourth-order valence-corrected chi connectivity index (χ4v) is 3.07. The highest BCUT2D eigenvalue weighted by atomic mass is 15.3. The molecule has 21 heavy (non-hydrogen) atoms. The lowest BCUT2D eigenvalue weighted by molar-refractivity contribution is 0.458. The Morgan fingerprint density at radius 2 is 1.90 bits per heavy atom. The monoisotopic (exact) mass is 283 g/mol. The number of aromatic nitrogens is 2. The minimum Gasteiger partial charge on any atom is -0.304 e. The molecule has 0 radical (unpaired) electrons. The standard InChI is InChI=1S/C18H25N3/c1-14-7-9-16(10-8-14)15(2)19-13-17-11-12-21(20-17)18-5-3-4-6-18/h7-12,15,18-19H,3-6,13H2,1-2H3/t15-/m1/s1. The first-order valence-corrected chi connectivity index (χ1v) is 8.06. The van der Waals surface area contributed by atoms with Crippen molar-refractivity contribution < 1.29 is 0 Å². The molecule has 1 fully saturated rings. The Morgan fingerprint density at radius 3 is 2.62 bits per heavy atom. The van der Waals surface area contributed by atoms with Crippen LogP contribution in [0.3, 0.4) is 0 Å². The van der Waals surface area contributed by atoms with Gasteiger partial charge >= 0.3 is 0 Å². The molecule has 3 heteroatoms. The van der Waals surface area contributed by atoms with E-state index in [0.29, 0.717) is 12.1 Å².